The average molecular weight is 401 g/mol. The van der Waals surface area contributed by atoms with Gasteiger partial charge in [-0.2, -0.15) is 9.29 Å². The van der Waals surface area contributed by atoms with Crippen molar-refractivity contribution in [2.45, 2.75) is 24.2 Å². The Morgan fingerprint density at radius 3 is 2.61 bits per heavy atom. The van der Waals surface area contributed by atoms with Crippen molar-refractivity contribution < 1.29 is 17.3 Å². The van der Waals surface area contributed by atoms with Gasteiger partial charge < -0.3 is 4.52 Å². The molecule has 0 aliphatic carbocycles. The fraction of sp³-hybridized carbons (Fsp3) is 0.300. The topological polar surface area (TPSA) is 76.3 Å². The van der Waals surface area contributed by atoms with Crippen molar-refractivity contribution in [1.82, 2.24) is 14.4 Å². The molecule has 1 unspecified atom stereocenters. The molecular formula is C20H20FN3O3S. The van der Waals surface area contributed by atoms with Crippen LogP contribution in [0.2, 0.25) is 0 Å². The summed E-state index contributed by atoms with van der Waals surface area (Å²) in [6.07, 6.45) is 2.20. The Bertz CT molecular complexity index is 1040. The number of piperidine rings is 1. The first-order valence-electron chi connectivity index (χ1n) is 9.16. The minimum Gasteiger partial charge on any atom is -0.334 e. The summed E-state index contributed by atoms with van der Waals surface area (Å²) in [7, 11) is -3.64. The number of rotatable bonds is 5. The van der Waals surface area contributed by atoms with Gasteiger partial charge in [0.2, 0.25) is 10.0 Å². The summed E-state index contributed by atoms with van der Waals surface area (Å²) in [6, 6.07) is 14.5. The standard InChI is InChI=1S/C20H20FN3O3S/c21-17-8-10-18(11-9-17)28(25,26)24-12-4-5-15(14-24)13-19-22-20(27-23-19)16-6-2-1-3-7-16/h1-3,6-11,15H,4-5,12-14H2. The molecule has 8 heteroatoms. The minimum atomic E-state index is -3.64. The fourth-order valence-electron chi connectivity index (χ4n) is 3.46. The van der Waals surface area contributed by atoms with Gasteiger partial charge in [-0.05, 0) is 55.2 Å². The lowest BCUT2D eigenvalue weighted by atomic mass is 9.96. The van der Waals surface area contributed by atoms with Gasteiger partial charge in [-0.15, -0.1) is 0 Å². The highest BCUT2D eigenvalue weighted by atomic mass is 32.2. The number of halogens is 1. The Balaban J connectivity index is 1.46. The van der Waals surface area contributed by atoms with Crippen LogP contribution >= 0.6 is 0 Å². The summed E-state index contributed by atoms with van der Waals surface area (Å²) in [5.41, 5.74) is 0.852. The lowest BCUT2D eigenvalue weighted by molar-refractivity contribution is 0.261. The number of nitrogens with zero attached hydrogens (tertiary/aromatic N) is 3. The van der Waals surface area contributed by atoms with E-state index < -0.39 is 15.8 Å². The van der Waals surface area contributed by atoms with Gasteiger partial charge in [0.05, 0.1) is 4.90 Å². The Morgan fingerprint density at radius 2 is 1.86 bits per heavy atom. The van der Waals surface area contributed by atoms with Crippen LogP contribution in [0, 0.1) is 11.7 Å². The second kappa shape index (κ2) is 7.81. The molecule has 0 radical (unpaired) electrons. The van der Waals surface area contributed by atoms with Crippen LogP contribution in [0.25, 0.3) is 11.5 Å². The van der Waals surface area contributed by atoms with E-state index in [2.05, 4.69) is 10.1 Å². The van der Waals surface area contributed by atoms with Gasteiger partial charge in [0.15, 0.2) is 5.82 Å². The summed E-state index contributed by atoms with van der Waals surface area (Å²) < 4.78 is 45.6. The maximum absolute atomic E-state index is 13.1. The summed E-state index contributed by atoms with van der Waals surface area (Å²) in [4.78, 5) is 4.55. The molecule has 3 aromatic rings. The molecule has 1 aliphatic heterocycles. The van der Waals surface area contributed by atoms with Gasteiger partial charge in [0, 0.05) is 25.1 Å². The van der Waals surface area contributed by atoms with E-state index in [-0.39, 0.29) is 10.8 Å². The maximum Gasteiger partial charge on any atom is 0.257 e. The van der Waals surface area contributed by atoms with Gasteiger partial charge in [-0.1, -0.05) is 23.4 Å². The molecule has 1 atom stereocenters. The highest BCUT2D eigenvalue weighted by Crippen LogP contribution is 2.26. The molecule has 6 nitrogen and oxygen atoms in total. The first-order chi connectivity index (χ1) is 13.5. The highest BCUT2D eigenvalue weighted by molar-refractivity contribution is 7.89. The van der Waals surface area contributed by atoms with Crippen molar-refractivity contribution in [2.75, 3.05) is 13.1 Å². The number of benzene rings is 2. The Kier molecular flexibility index (Phi) is 5.23. The predicted octanol–water partition coefficient (Wildman–Crippen LogP) is 3.52. The molecule has 0 N–H and O–H groups in total. The first kappa shape index (κ1) is 18.8. The molecule has 0 saturated carbocycles. The summed E-state index contributed by atoms with van der Waals surface area (Å²) in [5, 5.41) is 4.05. The molecule has 1 aromatic heterocycles. The van der Waals surface area contributed by atoms with Crippen molar-refractivity contribution in [1.29, 1.82) is 0 Å². The van der Waals surface area contributed by atoms with E-state index in [9.17, 15) is 12.8 Å². The zero-order valence-electron chi connectivity index (χ0n) is 15.2. The second-order valence-corrected chi connectivity index (χ2v) is 8.85. The van der Waals surface area contributed by atoms with E-state index in [4.69, 9.17) is 4.52 Å². The molecule has 146 valence electrons. The summed E-state index contributed by atoms with van der Waals surface area (Å²) >= 11 is 0. The molecule has 1 saturated heterocycles. The van der Waals surface area contributed by atoms with E-state index in [1.165, 1.54) is 28.6 Å². The lowest BCUT2D eigenvalue weighted by Gasteiger charge is -2.31. The Morgan fingerprint density at radius 1 is 1.11 bits per heavy atom. The summed E-state index contributed by atoms with van der Waals surface area (Å²) in [6.45, 7) is 0.840. The van der Waals surface area contributed by atoms with Crippen molar-refractivity contribution in [3.05, 3.63) is 66.2 Å². The van der Waals surface area contributed by atoms with Crippen LogP contribution in [0.3, 0.4) is 0 Å². The van der Waals surface area contributed by atoms with Gasteiger partial charge in [-0.3, -0.25) is 0 Å². The van der Waals surface area contributed by atoms with Crippen molar-refractivity contribution >= 4 is 10.0 Å². The molecule has 28 heavy (non-hydrogen) atoms. The van der Waals surface area contributed by atoms with Crippen LogP contribution < -0.4 is 0 Å². The fourth-order valence-corrected chi connectivity index (χ4v) is 5.02. The van der Waals surface area contributed by atoms with Gasteiger partial charge in [0.1, 0.15) is 5.82 Å². The lowest BCUT2D eigenvalue weighted by Crippen LogP contribution is -2.40. The van der Waals surface area contributed by atoms with Crippen molar-refractivity contribution in [3.8, 4) is 11.5 Å². The quantitative estimate of drug-likeness (QED) is 0.654. The Labute approximate surface area is 163 Å². The largest absolute Gasteiger partial charge is 0.334 e. The third-order valence-electron chi connectivity index (χ3n) is 4.89. The monoisotopic (exact) mass is 401 g/mol. The van der Waals surface area contributed by atoms with Gasteiger partial charge >= 0.3 is 0 Å². The van der Waals surface area contributed by atoms with Crippen LogP contribution in [0.15, 0.2) is 64.0 Å². The molecule has 2 heterocycles. The number of hydrogen-bond acceptors (Lipinski definition) is 5. The zero-order chi connectivity index (χ0) is 19.6. The van der Waals surface area contributed by atoms with Crippen LogP contribution in [-0.2, 0) is 16.4 Å². The van der Waals surface area contributed by atoms with E-state index in [0.717, 1.165) is 18.4 Å². The van der Waals surface area contributed by atoms with E-state index in [1.807, 2.05) is 30.3 Å². The number of sulfonamides is 1. The molecule has 1 fully saturated rings. The van der Waals surface area contributed by atoms with E-state index in [0.29, 0.717) is 31.2 Å². The molecule has 1 aliphatic rings. The molecular weight excluding hydrogens is 381 g/mol. The van der Waals surface area contributed by atoms with Crippen LogP contribution in [-0.4, -0.2) is 36.0 Å². The minimum absolute atomic E-state index is 0.102. The molecule has 0 spiro atoms. The normalized spacial score (nSPS) is 18.2. The number of aromatic nitrogens is 2. The van der Waals surface area contributed by atoms with Gasteiger partial charge in [-0.25, -0.2) is 12.8 Å². The molecule has 2 aromatic carbocycles. The van der Waals surface area contributed by atoms with Crippen LogP contribution in [0.5, 0.6) is 0 Å². The predicted molar refractivity (Wildman–Crippen MR) is 101 cm³/mol. The maximum atomic E-state index is 13.1. The van der Waals surface area contributed by atoms with Crippen LogP contribution in [0.1, 0.15) is 18.7 Å². The second-order valence-electron chi connectivity index (χ2n) is 6.91. The zero-order valence-corrected chi connectivity index (χ0v) is 16.0. The number of hydrogen-bond donors (Lipinski definition) is 0. The molecule has 0 amide bonds. The van der Waals surface area contributed by atoms with Crippen molar-refractivity contribution in [2.24, 2.45) is 5.92 Å². The third-order valence-corrected chi connectivity index (χ3v) is 6.77. The van der Waals surface area contributed by atoms with Crippen LogP contribution in [0.4, 0.5) is 4.39 Å². The first-order valence-corrected chi connectivity index (χ1v) is 10.6. The van der Waals surface area contributed by atoms with Gasteiger partial charge in [0.25, 0.3) is 5.89 Å². The van der Waals surface area contributed by atoms with E-state index in [1.54, 1.807) is 0 Å². The smallest absolute Gasteiger partial charge is 0.257 e. The Hall–Kier alpha value is -2.58. The molecule has 0 bridgehead atoms. The van der Waals surface area contributed by atoms with Crippen molar-refractivity contribution in [3.63, 3.8) is 0 Å². The summed E-state index contributed by atoms with van der Waals surface area (Å²) in [5.74, 6) is 0.680. The molecule has 4 rings (SSSR count). The highest BCUT2D eigenvalue weighted by Gasteiger charge is 2.31. The third kappa shape index (κ3) is 3.98. The SMILES string of the molecule is O=S(=O)(c1ccc(F)cc1)N1CCCC(Cc2noc(-c3ccccc3)n2)C1. The van der Waals surface area contributed by atoms with E-state index >= 15 is 0 Å². The average Bonchev–Trinajstić information content (AvgIpc) is 3.18.